The Morgan fingerprint density at radius 3 is 2.39 bits per heavy atom. The third-order valence-corrected chi connectivity index (χ3v) is 4.83. The molecule has 4 nitrogen and oxygen atoms in total. The second-order valence-electron chi connectivity index (χ2n) is 6.64. The molecule has 130 valence electrons. The molecule has 1 fully saturated rings. The number of nitrogens with one attached hydrogen (secondary N) is 1. The first-order valence-corrected chi connectivity index (χ1v) is 8.28. The van der Waals surface area contributed by atoms with E-state index in [-0.39, 0.29) is 23.7 Å². The zero-order valence-electron chi connectivity index (χ0n) is 13.9. The minimum absolute atomic E-state index is 0. The summed E-state index contributed by atoms with van der Waals surface area (Å²) in [6, 6.07) is 7.69. The van der Waals surface area contributed by atoms with Crippen molar-refractivity contribution < 1.29 is 9.90 Å². The fourth-order valence-electron chi connectivity index (χ4n) is 3.27. The topological polar surface area (TPSA) is 75.3 Å². The van der Waals surface area contributed by atoms with Gasteiger partial charge in [-0.25, -0.2) is 0 Å². The van der Waals surface area contributed by atoms with E-state index in [1.807, 2.05) is 24.3 Å². The monoisotopic (exact) mass is 340 g/mol. The van der Waals surface area contributed by atoms with Crippen molar-refractivity contribution in [3.8, 4) is 0 Å². The predicted molar refractivity (Wildman–Crippen MR) is 95.4 cm³/mol. The summed E-state index contributed by atoms with van der Waals surface area (Å²) in [5.74, 6) is 0.0898. The third-order valence-electron chi connectivity index (χ3n) is 4.83. The Bertz CT molecular complexity index is 482. The van der Waals surface area contributed by atoms with E-state index in [1.54, 1.807) is 6.92 Å². The molecule has 0 bridgehead atoms. The van der Waals surface area contributed by atoms with Gasteiger partial charge in [-0.2, -0.15) is 0 Å². The van der Waals surface area contributed by atoms with Gasteiger partial charge in [0.15, 0.2) is 0 Å². The normalized spacial score (nSPS) is 17.9. The van der Waals surface area contributed by atoms with Crippen LogP contribution < -0.4 is 11.1 Å². The van der Waals surface area contributed by atoms with Crippen LogP contribution in [-0.4, -0.2) is 17.6 Å². The van der Waals surface area contributed by atoms with E-state index >= 15 is 0 Å². The van der Waals surface area contributed by atoms with Crippen molar-refractivity contribution in [2.45, 2.75) is 58.1 Å². The van der Waals surface area contributed by atoms with E-state index in [1.165, 1.54) is 19.3 Å². The number of hydrogen-bond donors (Lipinski definition) is 3. The van der Waals surface area contributed by atoms with Gasteiger partial charge in [0, 0.05) is 13.0 Å². The smallest absolute Gasteiger partial charge is 0.220 e. The summed E-state index contributed by atoms with van der Waals surface area (Å²) in [6.45, 7) is 2.87. The van der Waals surface area contributed by atoms with Gasteiger partial charge in [0.2, 0.25) is 5.91 Å². The highest BCUT2D eigenvalue weighted by atomic mass is 35.5. The van der Waals surface area contributed by atoms with Crippen LogP contribution in [0.5, 0.6) is 0 Å². The lowest BCUT2D eigenvalue weighted by Gasteiger charge is -2.35. The molecule has 2 rings (SSSR count). The summed E-state index contributed by atoms with van der Waals surface area (Å²) in [6.07, 6.45) is 5.85. The zero-order chi connectivity index (χ0) is 16.0. The van der Waals surface area contributed by atoms with E-state index in [0.717, 1.165) is 24.0 Å². The number of benzene rings is 1. The lowest BCUT2D eigenvalue weighted by molar-refractivity contribution is -0.124. The van der Waals surface area contributed by atoms with Crippen molar-refractivity contribution in [1.29, 1.82) is 0 Å². The molecule has 0 radical (unpaired) electrons. The van der Waals surface area contributed by atoms with Crippen LogP contribution >= 0.6 is 12.4 Å². The number of rotatable bonds is 6. The van der Waals surface area contributed by atoms with Crippen molar-refractivity contribution in [2.75, 3.05) is 6.54 Å². The van der Waals surface area contributed by atoms with Crippen molar-refractivity contribution >= 4 is 18.3 Å². The van der Waals surface area contributed by atoms with Gasteiger partial charge in [0.05, 0.1) is 6.10 Å². The van der Waals surface area contributed by atoms with Crippen LogP contribution in [0.15, 0.2) is 24.3 Å². The molecule has 1 aromatic rings. The van der Waals surface area contributed by atoms with Crippen LogP contribution in [-0.2, 0) is 11.3 Å². The number of carbonyl (C=O) groups excluding carboxylic acids is 1. The maximum atomic E-state index is 12.2. The standard InChI is InChI=1S/C18H28N2O2.ClH/c1-14(21)16-7-5-15(6-8-16)12-20-17(22)11-18(13-19)9-3-2-4-10-18;/h5-8,14,21H,2-4,9-13,19H2,1H3,(H,20,22);1H. The van der Waals surface area contributed by atoms with E-state index in [0.29, 0.717) is 19.5 Å². The van der Waals surface area contributed by atoms with Gasteiger partial charge in [-0.3, -0.25) is 4.79 Å². The van der Waals surface area contributed by atoms with E-state index in [4.69, 9.17) is 5.73 Å². The molecule has 0 saturated heterocycles. The molecular formula is C18H29ClN2O2. The molecule has 1 saturated carbocycles. The average Bonchev–Trinajstić information content (AvgIpc) is 2.54. The maximum Gasteiger partial charge on any atom is 0.220 e. The molecule has 1 aliphatic rings. The highest BCUT2D eigenvalue weighted by Gasteiger charge is 2.32. The fraction of sp³-hybridized carbons (Fsp3) is 0.611. The lowest BCUT2D eigenvalue weighted by Crippen LogP contribution is -2.38. The highest BCUT2D eigenvalue weighted by Crippen LogP contribution is 2.38. The number of hydrogen-bond acceptors (Lipinski definition) is 3. The SMILES string of the molecule is CC(O)c1ccc(CNC(=O)CC2(CN)CCCCC2)cc1.Cl. The highest BCUT2D eigenvalue weighted by molar-refractivity contribution is 5.85. The van der Waals surface area contributed by atoms with Gasteiger partial charge in [-0.1, -0.05) is 43.5 Å². The molecule has 0 spiro atoms. The summed E-state index contributed by atoms with van der Waals surface area (Å²) < 4.78 is 0. The molecule has 1 amide bonds. The fourth-order valence-corrected chi connectivity index (χ4v) is 3.27. The van der Waals surface area contributed by atoms with Gasteiger partial charge in [-0.05, 0) is 42.9 Å². The molecule has 1 atom stereocenters. The van der Waals surface area contributed by atoms with Crippen LogP contribution in [0.1, 0.15) is 62.7 Å². The number of aliphatic hydroxyl groups excluding tert-OH is 1. The quantitative estimate of drug-likeness (QED) is 0.745. The van der Waals surface area contributed by atoms with E-state index < -0.39 is 6.10 Å². The summed E-state index contributed by atoms with van der Waals surface area (Å²) in [7, 11) is 0. The Morgan fingerprint density at radius 1 is 1.26 bits per heavy atom. The van der Waals surface area contributed by atoms with Crippen LogP contribution in [0.3, 0.4) is 0 Å². The largest absolute Gasteiger partial charge is 0.389 e. The van der Waals surface area contributed by atoms with Crippen LogP contribution in [0, 0.1) is 5.41 Å². The predicted octanol–water partition coefficient (Wildman–Crippen LogP) is 3.08. The van der Waals surface area contributed by atoms with Crippen molar-refractivity contribution in [1.82, 2.24) is 5.32 Å². The van der Waals surface area contributed by atoms with E-state index in [2.05, 4.69) is 5.32 Å². The number of nitrogens with two attached hydrogens (primary N) is 1. The number of amides is 1. The van der Waals surface area contributed by atoms with Crippen molar-refractivity contribution in [2.24, 2.45) is 11.1 Å². The average molecular weight is 341 g/mol. The summed E-state index contributed by atoms with van der Waals surface area (Å²) >= 11 is 0. The second kappa shape index (κ2) is 9.26. The van der Waals surface area contributed by atoms with Gasteiger partial charge < -0.3 is 16.2 Å². The Hall–Kier alpha value is -1.10. The lowest BCUT2D eigenvalue weighted by atomic mass is 9.71. The molecule has 1 aliphatic carbocycles. The molecule has 1 aromatic carbocycles. The number of halogens is 1. The van der Waals surface area contributed by atoms with Gasteiger partial charge in [0.1, 0.15) is 0 Å². The minimum atomic E-state index is -0.459. The summed E-state index contributed by atoms with van der Waals surface area (Å²) in [4.78, 5) is 12.2. The van der Waals surface area contributed by atoms with Gasteiger partial charge >= 0.3 is 0 Å². The first-order chi connectivity index (χ1) is 10.5. The van der Waals surface area contributed by atoms with Crippen LogP contribution in [0.4, 0.5) is 0 Å². The molecule has 0 aliphatic heterocycles. The Morgan fingerprint density at radius 2 is 1.87 bits per heavy atom. The van der Waals surface area contributed by atoms with E-state index in [9.17, 15) is 9.90 Å². The van der Waals surface area contributed by atoms with Gasteiger partial charge in [0.25, 0.3) is 0 Å². The molecule has 1 unspecified atom stereocenters. The second-order valence-corrected chi connectivity index (χ2v) is 6.64. The third kappa shape index (κ3) is 5.79. The molecule has 0 heterocycles. The molecular weight excluding hydrogens is 312 g/mol. The Labute approximate surface area is 145 Å². The molecule has 0 aromatic heterocycles. The van der Waals surface area contributed by atoms with Gasteiger partial charge in [-0.15, -0.1) is 12.4 Å². The molecule has 4 N–H and O–H groups in total. The number of carbonyl (C=O) groups is 1. The maximum absolute atomic E-state index is 12.2. The summed E-state index contributed by atoms with van der Waals surface area (Å²) in [5.41, 5.74) is 7.88. The summed E-state index contributed by atoms with van der Waals surface area (Å²) in [5, 5.41) is 12.5. The first-order valence-electron chi connectivity index (χ1n) is 8.28. The van der Waals surface area contributed by atoms with Crippen LogP contribution in [0.25, 0.3) is 0 Å². The van der Waals surface area contributed by atoms with Crippen LogP contribution in [0.2, 0.25) is 0 Å². The van der Waals surface area contributed by atoms with Crippen molar-refractivity contribution in [3.63, 3.8) is 0 Å². The number of aliphatic hydroxyl groups is 1. The Kier molecular flexibility index (Phi) is 8.03. The Balaban J connectivity index is 0.00000264. The molecule has 23 heavy (non-hydrogen) atoms. The first kappa shape index (κ1) is 19.9. The molecule has 5 heteroatoms. The van der Waals surface area contributed by atoms with Crippen molar-refractivity contribution in [3.05, 3.63) is 35.4 Å². The zero-order valence-corrected chi connectivity index (χ0v) is 14.7. The minimum Gasteiger partial charge on any atom is -0.389 e.